The Balaban J connectivity index is 2.07. The van der Waals surface area contributed by atoms with Crippen LogP contribution in [0.2, 0.25) is 0 Å². The molecule has 1 unspecified atom stereocenters. The van der Waals surface area contributed by atoms with Gasteiger partial charge in [-0.25, -0.2) is 0 Å². The lowest BCUT2D eigenvalue weighted by atomic mass is 9.88. The van der Waals surface area contributed by atoms with E-state index in [0.29, 0.717) is 18.7 Å². The molecule has 2 saturated carbocycles. The number of carbonyl (C=O) groups excluding carboxylic acids is 1. The Morgan fingerprint density at radius 3 is 1.90 bits per heavy atom. The van der Waals surface area contributed by atoms with Crippen LogP contribution in [-0.2, 0) is 9.53 Å². The zero-order chi connectivity index (χ0) is 14.4. The highest BCUT2D eigenvalue weighted by Gasteiger charge is 2.34. The number of carbonyl (C=O) groups is 1. The molecule has 1 amide bonds. The highest BCUT2D eigenvalue weighted by Crippen LogP contribution is 2.30. The van der Waals surface area contributed by atoms with E-state index in [2.05, 4.69) is 4.90 Å². The third kappa shape index (κ3) is 3.95. The van der Waals surface area contributed by atoms with E-state index in [1.807, 2.05) is 0 Å². The number of methoxy groups -OCH3 is 1. The van der Waals surface area contributed by atoms with Gasteiger partial charge in [0.25, 0.3) is 0 Å². The molecule has 0 spiro atoms. The van der Waals surface area contributed by atoms with Gasteiger partial charge in [-0.15, -0.1) is 0 Å². The predicted molar refractivity (Wildman–Crippen MR) is 80.4 cm³/mol. The summed E-state index contributed by atoms with van der Waals surface area (Å²) in [5, 5.41) is 0. The molecule has 0 heterocycles. The summed E-state index contributed by atoms with van der Waals surface area (Å²) in [6, 6.07) is 0.341. The zero-order valence-electron chi connectivity index (χ0n) is 12.9. The number of rotatable bonds is 5. The van der Waals surface area contributed by atoms with Crippen LogP contribution in [0.5, 0.6) is 0 Å². The normalized spacial score (nSPS) is 23.5. The molecule has 4 heteroatoms. The summed E-state index contributed by atoms with van der Waals surface area (Å²) < 4.78 is 5.08. The molecule has 2 aliphatic rings. The van der Waals surface area contributed by atoms with Crippen LogP contribution in [0.3, 0.4) is 0 Å². The van der Waals surface area contributed by atoms with Gasteiger partial charge in [0.15, 0.2) is 0 Å². The fourth-order valence-electron chi connectivity index (χ4n) is 3.82. The van der Waals surface area contributed by atoms with Gasteiger partial charge in [0.2, 0.25) is 5.91 Å². The molecule has 2 fully saturated rings. The quantitative estimate of drug-likeness (QED) is 0.842. The summed E-state index contributed by atoms with van der Waals surface area (Å²) >= 11 is 0. The smallest absolute Gasteiger partial charge is 0.242 e. The van der Waals surface area contributed by atoms with Crippen molar-refractivity contribution in [1.29, 1.82) is 0 Å². The maximum absolute atomic E-state index is 12.8. The molecule has 0 aromatic carbocycles. The molecule has 2 aliphatic carbocycles. The van der Waals surface area contributed by atoms with Crippen molar-refractivity contribution in [1.82, 2.24) is 4.90 Å². The van der Waals surface area contributed by atoms with Gasteiger partial charge in [0.1, 0.15) is 6.04 Å². The van der Waals surface area contributed by atoms with Crippen molar-refractivity contribution < 1.29 is 9.53 Å². The van der Waals surface area contributed by atoms with Crippen molar-refractivity contribution in [3.05, 3.63) is 0 Å². The molecule has 0 aliphatic heterocycles. The van der Waals surface area contributed by atoms with E-state index in [-0.39, 0.29) is 5.91 Å². The lowest BCUT2D eigenvalue weighted by molar-refractivity contribution is -0.140. The minimum absolute atomic E-state index is 0.116. The Hall–Kier alpha value is -0.610. The zero-order valence-corrected chi connectivity index (χ0v) is 12.9. The lowest BCUT2D eigenvalue weighted by Gasteiger charge is -2.42. The van der Waals surface area contributed by atoms with E-state index in [9.17, 15) is 4.79 Å². The first-order valence-electron chi connectivity index (χ1n) is 8.30. The topological polar surface area (TPSA) is 55.6 Å². The Morgan fingerprint density at radius 2 is 1.50 bits per heavy atom. The lowest BCUT2D eigenvalue weighted by Crippen LogP contribution is -2.55. The number of amides is 1. The fourth-order valence-corrected chi connectivity index (χ4v) is 3.82. The Kier molecular flexibility index (Phi) is 6.30. The van der Waals surface area contributed by atoms with Crippen LogP contribution in [0.15, 0.2) is 0 Å². The maximum Gasteiger partial charge on any atom is 0.242 e. The number of nitrogens with zero attached hydrogens (tertiary/aromatic N) is 1. The van der Waals surface area contributed by atoms with Crippen LogP contribution < -0.4 is 5.73 Å². The molecule has 20 heavy (non-hydrogen) atoms. The molecule has 4 nitrogen and oxygen atoms in total. The molecule has 0 aromatic heterocycles. The molecular formula is C16H30N2O2. The standard InChI is InChI=1S/C16H30N2O2/c1-20-12-15(17)16(19)18(13-8-4-2-5-9-13)14-10-6-3-7-11-14/h13-15H,2-12,17H2,1H3. The summed E-state index contributed by atoms with van der Waals surface area (Å²) in [6.07, 6.45) is 12.2. The molecule has 0 saturated heterocycles. The van der Waals surface area contributed by atoms with E-state index >= 15 is 0 Å². The van der Waals surface area contributed by atoms with Gasteiger partial charge < -0.3 is 15.4 Å². The minimum atomic E-state index is -0.496. The second-order valence-electron chi connectivity index (χ2n) is 6.39. The predicted octanol–water partition coefficient (Wildman–Crippen LogP) is 2.45. The SMILES string of the molecule is COCC(N)C(=O)N(C1CCCCC1)C1CCCCC1. The summed E-state index contributed by atoms with van der Waals surface area (Å²) in [4.78, 5) is 14.9. The first-order valence-corrected chi connectivity index (χ1v) is 8.30. The van der Waals surface area contributed by atoms with Crippen molar-refractivity contribution in [3.63, 3.8) is 0 Å². The number of hydrogen-bond donors (Lipinski definition) is 1. The molecule has 2 rings (SSSR count). The van der Waals surface area contributed by atoms with Crippen molar-refractivity contribution in [2.24, 2.45) is 5.73 Å². The van der Waals surface area contributed by atoms with E-state index < -0.39 is 6.04 Å². The van der Waals surface area contributed by atoms with Crippen molar-refractivity contribution in [2.45, 2.75) is 82.3 Å². The molecule has 0 radical (unpaired) electrons. The third-order valence-corrected chi connectivity index (χ3v) is 4.85. The number of ether oxygens (including phenoxy) is 1. The Bertz CT molecular complexity index is 279. The van der Waals surface area contributed by atoms with Crippen molar-refractivity contribution in [2.75, 3.05) is 13.7 Å². The van der Waals surface area contributed by atoms with Gasteiger partial charge in [0.05, 0.1) is 6.61 Å². The second kappa shape index (κ2) is 7.99. The van der Waals surface area contributed by atoms with Gasteiger partial charge in [-0.1, -0.05) is 38.5 Å². The van der Waals surface area contributed by atoms with Crippen LogP contribution in [-0.4, -0.2) is 42.6 Å². The van der Waals surface area contributed by atoms with E-state index in [0.717, 1.165) is 25.7 Å². The highest BCUT2D eigenvalue weighted by atomic mass is 16.5. The van der Waals surface area contributed by atoms with E-state index in [1.165, 1.54) is 38.5 Å². The molecule has 0 bridgehead atoms. The number of nitrogens with two attached hydrogens (primary N) is 1. The van der Waals surface area contributed by atoms with E-state index in [1.54, 1.807) is 7.11 Å². The Morgan fingerprint density at radius 1 is 1.05 bits per heavy atom. The van der Waals surface area contributed by atoms with Gasteiger partial charge in [-0.05, 0) is 25.7 Å². The number of hydrogen-bond acceptors (Lipinski definition) is 3. The molecule has 2 N–H and O–H groups in total. The monoisotopic (exact) mass is 282 g/mol. The minimum Gasteiger partial charge on any atom is -0.383 e. The van der Waals surface area contributed by atoms with E-state index in [4.69, 9.17) is 10.5 Å². The van der Waals surface area contributed by atoms with Crippen LogP contribution in [0.4, 0.5) is 0 Å². The fraction of sp³-hybridized carbons (Fsp3) is 0.938. The molecule has 0 aromatic rings. The summed E-state index contributed by atoms with van der Waals surface area (Å²) in [5.41, 5.74) is 6.03. The third-order valence-electron chi connectivity index (χ3n) is 4.85. The second-order valence-corrected chi connectivity index (χ2v) is 6.39. The van der Waals surface area contributed by atoms with Crippen LogP contribution in [0.25, 0.3) is 0 Å². The van der Waals surface area contributed by atoms with Gasteiger partial charge in [-0.3, -0.25) is 4.79 Å². The summed E-state index contributed by atoms with van der Waals surface area (Å²) in [5.74, 6) is 0.116. The molecule has 1 atom stereocenters. The van der Waals surface area contributed by atoms with Crippen LogP contribution in [0, 0.1) is 0 Å². The first kappa shape index (κ1) is 15.8. The largest absolute Gasteiger partial charge is 0.383 e. The highest BCUT2D eigenvalue weighted by molar-refractivity contribution is 5.82. The molecular weight excluding hydrogens is 252 g/mol. The van der Waals surface area contributed by atoms with Crippen LogP contribution in [0.1, 0.15) is 64.2 Å². The van der Waals surface area contributed by atoms with Gasteiger partial charge in [0, 0.05) is 19.2 Å². The molecule has 116 valence electrons. The van der Waals surface area contributed by atoms with Crippen molar-refractivity contribution in [3.8, 4) is 0 Å². The van der Waals surface area contributed by atoms with Crippen LogP contribution >= 0.6 is 0 Å². The first-order chi connectivity index (χ1) is 9.74. The summed E-state index contributed by atoms with van der Waals surface area (Å²) in [7, 11) is 1.61. The summed E-state index contributed by atoms with van der Waals surface area (Å²) in [6.45, 7) is 0.328. The van der Waals surface area contributed by atoms with Crippen molar-refractivity contribution >= 4 is 5.91 Å². The van der Waals surface area contributed by atoms with Gasteiger partial charge in [-0.2, -0.15) is 0 Å². The maximum atomic E-state index is 12.8. The Labute approximate surface area is 123 Å². The van der Waals surface area contributed by atoms with Gasteiger partial charge >= 0.3 is 0 Å². The average molecular weight is 282 g/mol. The average Bonchev–Trinajstić information content (AvgIpc) is 2.50.